The fourth-order valence-electron chi connectivity index (χ4n) is 1.48. The van der Waals surface area contributed by atoms with Crippen LogP contribution in [-0.4, -0.2) is 25.3 Å². The molecule has 1 aromatic carbocycles. The molecule has 1 unspecified atom stereocenters. The zero-order chi connectivity index (χ0) is 11.6. The number of sulfonamides is 1. The van der Waals surface area contributed by atoms with Gasteiger partial charge in [0, 0.05) is 6.54 Å². The van der Waals surface area contributed by atoms with Gasteiger partial charge in [-0.3, -0.25) is 0 Å². The predicted molar refractivity (Wildman–Crippen MR) is 61.3 cm³/mol. The Labute approximate surface area is 95.4 Å². The first kappa shape index (κ1) is 11.6. The van der Waals surface area contributed by atoms with Gasteiger partial charge in [0.15, 0.2) is 0 Å². The summed E-state index contributed by atoms with van der Waals surface area (Å²) in [7, 11) is -3.20. The van der Waals surface area contributed by atoms with Gasteiger partial charge in [-0.1, -0.05) is 30.3 Å². The number of nitrogens with one attached hydrogen (secondary N) is 1. The highest BCUT2D eigenvalue weighted by atomic mass is 32.2. The molecule has 4 nitrogen and oxygen atoms in total. The first-order valence-electron chi connectivity index (χ1n) is 5.31. The van der Waals surface area contributed by atoms with Crippen molar-refractivity contribution in [1.82, 2.24) is 4.72 Å². The molecule has 2 N–H and O–H groups in total. The van der Waals surface area contributed by atoms with Gasteiger partial charge < -0.3 is 5.11 Å². The van der Waals surface area contributed by atoms with E-state index in [2.05, 4.69) is 4.72 Å². The van der Waals surface area contributed by atoms with Gasteiger partial charge in [0.25, 0.3) is 0 Å². The van der Waals surface area contributed by atoms with Gasteiger partial charge in [0.1, 0.15) is 0 Å². The predicted octanol–water partition coefficient (Wildman–Crippen LogP) is 0.802. The minimum absolute atomic E-state index is 0.0445. The van der Waals surface area contributed by atoms with Gasteiger partial charge in [-0.2, -0.15) is 0 Å². The van der Waals surface area contributed by atoms with E-state index in [0.717, 1.165) is 18.4 Å². The molecule has 1 aromatic rings. The van der Waals surface area contributed by atoms with E-state index < -0.39 is 16.1 Å². The van der Waals surface area contributed by atoms with E-state index in [9.17, 15) is 13.5 Å². The Morgan fingerprint density at radius 2 is 1.94 bits per heavy atom. The number of benzene rings is 1. The molecule has 1 atom stereocenters. The maximum absolute atomic E-state index is 11.5. The topological polar surface area (TPSA) is 66.4 Å². The molecule has 1 saturated carbocycles. The average Bonchev–Trinajstić information content (AvgIpc) is 3.11. The maximum atomic E-state index is 11.5. The lowest BCUT2D eigenvalue weighted by Crippen LogP contribution is -2.31. The fourth-order valence-corrected chi connectivity index (χ4v) is 2.87. The van der Waals surface area contributed by atoms with Crippen LogP contribution in [-0.2, 0) is 10.0 Å². The largest absolute Gasteiger partial charge is 0.387 e. The summed E-state index contributed by atoms with van der Waals surface area (Å²) in [5.74, 6) is 0. The van der Waals surface area contributed by atoms with Crippen molar-refractivity contribution in [3.8, 4) is 0 Å². The second-order valence-electron chi connectivity index (χ2n) is 4.02. The van der Waals surface area contributed by atoms with Crippen LogP contribution in [0.1, 0.15) is 24.5 Å². The number of hydrogen-bond donors (Lipinski definition) is 2. The Balaban J connectivity index is 1.91. The lowest BCUT2D eigenvalue weighted by molar-refractivity contribution is 0.182. The Hall–Kier alpha value is -0.910. The third-order valence-electron chi connectivity index (χ3n) is 2.63. The molecule has 2 rings (SSSR count). The first-order chi connectivity index (χ1) is 7.59. The summed E-state index contributed by atoms with van der Waals surface area (Å²) in [6.45, 7) is 0.0445. The average molecular weight is 241 g/mol. The zero-order valence-electron chi connectivity index (χ0n) is 8.83. The van der Waals surface area contributed by atoms with E-state index in [1.54, 1.807) is 12.1 Å². The Morgan fingerprint density at radius 1 is 1.31 bits per heavy atom. The number of aliphatic hydroxyl groups is 1. The van der Waals surface area contributed by atoms with Crippen LogP contribution in [0.5, 0.6) is 0 Å². The SMILES string of the molecule is O=S(=O)(NCC(O)c1ccccc1)C1CC1. The van der Waals surface area contributed by atoms with Crippen LogP contribution in [0.25, 0.3) is 0 Å². The van der Waals surface area contributed by atoms with Crippen LogP contribution in [0.15, 0.2) is 30.3 Å². The molecule has 16 heavy (non-hydrogen) atoms. The highest BCUT2D eigenvalue weighted by molar-refractivity contribution is 7.90. The van der Waals surface area contributed by atoms with Crippen LogP contribution < -0.4 is 4.72 Å². The monoisotopic (exact) mass is 241 g/mol. The maximum Gasteiger partial charge on any atom is 0.214 e. The molecule has 1 fully saturated rings. The van der Waals surface area contributed by atoms with Crippen molar-refractivity contribution in [2.45, 2.75) is 24.2 Å². The van der Waals surface area contributed by atoms with Gasteiger partial charge in [0.2, 0.25) is 10.0 Å². The summed E-state index contributed by atoms with van der Waals surface area (Å²) in [5.41, 5.74) is 0.723. The van der Waals surface area contributed by atoms with Crippen molar-refractivity contribution in [3.05, 3.63) is 35.9 Å². The first-order valence-corrected chi connectivity index (χ1v) is 6.86. The Bertz CT molecular complexity index is 440. The molecule has 0 aromatic heterocycles. The van der Waals surface area contributed by atoms with Gasteiger partial charge in [0.05, 0.1) is 11.4 Å². The smallest absolute Gasteiger partial charge is 0.214 e. The van der Waals surface area contributed by atoms with Crippen LogP contribution in [0.2, 0.25) is 0 Å². The van der Waals surface area contributed by atoms with Crippen molar-refractivity contribution in [2.75, 3.05) is 6.54 Å². The number of hydrogen-bond acceptors (Lipinski definition) is 3. The van der Waals surface area contributed by atoms with E-state index in [1.165, 1.54) is 0 Å². The van der Waals surface area contributed by atoms with E-state index in [0.29, 0.717) is 0 Å². The van der Waals surface area contributed by atoms with Gasteiger partial charge in [-0.25, -0.2) is 13.1 Å². The molecule has 1 aliphatic carbocycles. The molecular formula is C11H15NO3S. The molecule has 0 saturated heterocycles. The van der Waals surface area contributed by atoms with Crippen molar-refractivity contribution < 1.29 is 13.5 Å². The molecule has 0 spiro atoms. The van der Waals surface area contributed by atoms with E-state index in [-0.39, 0.29) is 11.8 Å². The van der Waals surface area contributed by atoms with Crippen LogP contribution in [0.4, 0.5) is 0 Å². The van der Waals surface area contributed by atoms with Crippen molar-refractivity contribution >= 4 is 10.0 Å². The quantitative estimate of drug-likeness (QED) is 0.801. The van der Waals surface area contributed by atoms with Gasteiger partial charge in [-0.15, -0.1) is 0 Å². The number of aliphatic hydroxyl groups excluding tert-OH is 1. The molecule has 0 heterocycles. The van der Waals surface area contributed by atoms with E-state index in [1.807, 2.05) is 18.2 Å². The van der Waals surface area contributed by atoms with Gasteiger partial charge in [-0.05, 0) is 18.4 Å². The summed E-state index contributed by atoms with van der Waals surface area (Å²) >= 11 is 0. The summed E-state index contributed by atoms with van der Waals surface area (Å²) in [6.07, 6.45) is 0.683. The summed E-state index contributed by atoms with van der Waals surface area (Å²) < 4.78 is 25.5. The lowest BCUT2D eigenvalue weighted by Gasteiger charge is -2.12. The zero-order valence-corrected chi connectivity index (χ0v) is 9.65. The summed E-state index contributed by atoms with van der Waals surface area (Å²) in [6, 6.07) is 9.03. The van der Waals surface area contributed by atoms with Crippen LogP contribution >= 0.6 is 0 Å². The van der Waals surface area contributed by atoms with Crippen molar-refractivity contribution in [1.29, 1.82) is 0 Å². The Kier molecular flexibility index (Phi) is 3.28. The second-order valence-corrected chi connectivity index (χ2v) is 6.06. The highest BCUT2D eigenvalue weighted by Gasteiger charge is 2.35. The summed E-state index contributed by atoms with van der Waals surface area (Å²) in [5, 5.41) is 9.52. The van der Waals surface area contributed by atoms with Crippen molar-refractivity contribution in [3.63, 3.8) is 0 Å². The third-order valence-corrected chi connectivity index (χ3v) is 4.54. The second kappa shape index (κ2) is 4.53. The van der Waals surface area contributed by atoms with E-state index in [4.69, 9.17) is 0 Å². The molecule has 0 bridgehead atoms. The van der Waals surface area contributed by atoms with Crippen molar-refractivity contribution in [2.24, 2.45) is 0 Å². The van der Waals surface area contributed by atoms with Crippen LogP contribution in [0, 0.1) is 0 Å². The molecule has 88 valence electrons. The fraction of sp³-hybridized carbons (Fsp3) is 0.455. The van der Waals surface area contributed by atoms with Crippen LogP contribution in [0.3, 0.4) is 0 Å². The molecule has 0 aliphatic heterocycles. The highest BCUT2D eigenvalue weighted by Crippen LogP contribution is 2.27. The third kappa shape index (κ3) is 2.81. The minimum Gasteiger partial charge on any atom is -0.387 e. The summed E-state index contributed by atoms with van der Waals surface area (Å²) in [4.78, 5) is 0. The number of rotatable bonds is 5. The van der Waals surface area contributed by atoms with Gasteiger partial charge >= 0.3 is 0 Å². The normalized spacial score (nSPS) is 18.3. The Morgan fingerprint density at radius 3 is 2.50 bits per heavy atom. The molecule has 1 aliphatic rings. The molecule has 5 heteroatoms. The molecular weight excluding hydrogens is 226 g/mol. The molecule has 0 amide bonds. The molecule has 0 radical (unpaired) electrons. The lowest BCUT2D eigenvalue weighted by atomic mass is 10.1. The van der Waals surface area contributed by atoms with E-state index >= 15 is 0 Å². The standard InChI is InChI=1S/C11H15NO3S/c13-11(9-4-2-1-3-5-9)8-12-16(14,15)10-6-7-10/h1-5,10-13H,6-8H2. The minimum atomic E-state index is -3.20.